The first-order valence-corrected chi connectivity index (χ1v) is 6.33. The molecule has 19 heavy (non-hydrogen) atoms. The molecule has 3 rings (SSSR count). The summed E-state index contributed by atoms with van der Waals surface area (Å²) in [6, 6.07) is 10.3. The first kappa shape index (κ1) is 11.9. The van der Waals surface area contributed by atoms with Gasteiger partial charge in [0.2, 0.25) is 0 Å². The molecule has 0 fully saturated rings. The molecule has 0 atom stereocenters. The third kappa shape index (κ3) is 2.11. The average Bonchev–Trinajstić information content (AvgIpc) is 2.86. The molecule has 0 unspecified atom stereocenters. The summed E-state index contributed by atoms with van der Waals surface area (Å²) >= 11 is 0. The lowest BCUT2D eigenvalue weighted by molar-refractivity contribution is 0.809. The molecule has 2 heterocycles. The smallest absolute Gasteiger partial charge is 0.161 e. The van der Waals surface area contributed by atoms with Crippen LogP contribution in [-0.4, -0.2) is 21.8 Å². The Bertz CT molecular complexity index is 715. The SMILES string of the molecule is CNCc1cnc(-n2ccc(C)n2)c2ccccc12. The molecular weight excluding hydrogens is 236 g/mol. The fourth-order valence-electron chi connectivity index (χ4n) is 2.28. The number of hydrogen-bond acceptors (Lipinski definition) is 3. The summed E-state index contributed by atoms with van der Waals surface area (Å²) in [4.78, 5) is 4.57. The lowest BCUT2D eigenvalue weighted by Gasteiger charge is -2.10. The molecule has 2 aromatic heterocycles. The van der Waals surface area contributed by atoms with Crippen molar-refractivity contribution < 1.29 is 0 Å². The van der Waals surface area contributed by atoms with Gasteiger partial charge in [0.1, 0.15) is 0 Å². The van der Waals surface area contributed by atoms with Crippen LogP contribution in [0.2, 0.25) is 0 Å². The van der Waals surface area contributed by atoms with Gasteiger partial charge in [-0.25, -0.2) is 9.67 Å². The number of hydrogen-bond donors (Lipinski definition) is 1. The van der Waals surface area contributed by atoms with Gasteiger partial charge < -0.3 is 5.32 Å². The van der Waals surface area contributed by atoms with E-state index in [1.54, 1.807) is 0 Å². The van der Waals surface area contributed by atoms with Gasteiger partial charge in [-0.05, 0) is 31.0 Å². The lowest BCUT2D eigenvalue weighted by atomic mass is 10.1. The fourth-order valence-corrected chi connectivity index (χ4v) is 2.28. The van der Waals surface area contributed by atoms with E-state index < -0.39 is 0 Å². The summed E-state index contributed by atoms with van der Waals surface area (Å²) < 4.78 is 1.83. The number of fused-ring (bicyclic) bond motifs is 1. The van der Waals surface area contributed by atoms with Crippen molar-refractivity contribution in [3.63, 3.8) is 0 Å². The lowest BCUT2D eigenvalue weighted by Crippen LogP contribution is -2.08. The molecule has 0 amide bonds. The van der Waals surface area contributed by atoms with Gasteiger partial charge in [-0.3, -0.25) is 0 Å². The van der Waals surface area contributed by atoms with E-state index in [0.29, 0.717) is 0 Å². The van der Waals surface area contributed by atoms with E-state index in [-0.39, 0.29) is 0 Å². The minimum Gasteiger partial charge on any atom is -0.316 e. The van der Waals surface area contributed by atoms with E-state index >= 15 is 0 Å². The summed E-state index contributed by atoms with van der Waals surface area (Å²) in [5.41, 5.74) is 2.19. The number of nitrogens with zero attached hydrogens (tertiary/aromatic N) is 3. The van der Waals surface area contributed by atoms with E-state index in [2.05, 4.69) is 33.6 Å². The van der Waals surface area contributed by atoms with Crippen LogP contribution in [-0.2, 0) is 6.54 Å². The normalized spacial score (nSPS) is 11.1. The standard InChI is InChI=1S/C15H16N4/c1-11-7-8-19(18-11)15-14-6-4-3-5-13(14)12(9-16-2)10-17-15/h3-8,10,16H,9H2,1-2H3. The van der Waals surface area contributed by atoms with Gasteiger partial charge in [-0.1, -0.05) is 24.3 Å². The summed E-state index contributed by atoms with van der Waals surface area (Å²) in [6.45, 7) is 2.79. The predicted octanol–water partition coefficient (Wildman–Crippen LogP) is 2.45. The number of rotatable bonds is 3. The average molecular weight is 252 g/mol. The Morgan fingerprint density at radius 2 is 1.95 bits per heavy atom. The Morgan fingerprint density at radius 1 is 1.16 bits per heavy atom. The van der Waals surface area contributed by atoms with Crippen molar-refractivity contribution >= 4 is 10.8 Å². The zero-order chi connectivity index (χ0) is 13.2. The Balaban J connectivity index is 2.24. The highest BCUT2D eigenvalue weighted by atomic mass is 15.3. The van der Waals surface area contributed by atoms with Crippen LogP contribution < -0.4 is 5.32 Å². The van der Waals surface area contributed by atoms with E-state index in [4.69, 9.17) is 0 Å². The maximum absolute atomic E-state index is 4.57. The second kappa shape index (κ2) is 4.82. The number of pyridine rings is 1. The van der Waals surface area contributed by atoms with Crippen molar-refractivity contribution in [3.05, 3.63) is 54.0 Å². The zero-order valence-electron chi connectivity index (χ0n) is 11.1. The van der Waals surface area contributed by atoms with E-state index in [1.165, 1.54) is 10.9 Å². The summed E-state index contributed by atoms with van der Waals surface area (Å²) in [5, 5.41) is 9.96. The Hall–Kier alpha value is -2.20. The van der Waals surface area contributed by atoms with Gasteiger partial charge in [0.05, 0.1) is 5.69 Å². The number of nitrogens with one attached hydrogen (secondary N) is 1. The highest BCUT2D eigenvalue weighted by Crippen LogP contribution is 2.23. The van der Waals surface area contributed by atoms with Crippen LogP contribution in [0.1, 0.15) is 11.3 Å². The molecule has 0 aliphatic heterocycles. The minimum atomic E-state index is 0.811. The molecule has 3 aromatic rings. The summed E-state index contributed by atoms with van der Waals surface area (Å²) in [7, 11) is 1.94. The van der Waals surface area contributed by atoms with Crippen LogP contribution >= 0.6 is 0 Å². The third-order valence-corrected chi connectivity index (χ3v) is 3.16. The van der Waals surface area contributed by atoms with Crippen LogP contribution in [0.15, 0.2) is 42.7 Å². The second-order valence-corrected chi connectivity index (χ2v) is 4.58. The number of benzene rings is 1. The van der Waals surface area contributed by atoms with Crippen molar-refractivity contribution in [2.24, 2.45) is 0 Å². The second-order valence-electron chi connectivity index (χ2n) is 4.58. The first-order chi connectivity index (χ1) is 9.29. The molecule has 0 spiro atoms. The summed E-state index contributed by atoms with van der Waals surface area (Å²) in [6.07, 6.45) is 3.87. The molecule has 0 saturated carbocycles. The van der Waals surface area contributed by atoms with Crippen molar-refractivity contribution in [2.45, 2.75) is 13.5 Å². The first-order valence-electron chi connectivity index (χ1n) is 6.33. The van der Waals surface area contributed by atoms with Gasteiger partial charge in [0.15, 0.2) is 5.82 Å². The van der Waals surface area contributed by atoms with Gasteiger partial charge in [0, 0.05) is 24.3 Å². The molecule has 0 aliphatic carbocycles. The maximum Gasteiger partial charge on any atom is 0.161 e. The number of aryl methyl sites for hydroxylation is 1. The molecular formula is C15H16N4. The van der Waals surface area contributed by atoms with Crippen LogP contribution in [0.25, 0.3) is 16.6 Å². The highest BCUT2D eigenvalue weighted by molar-refractivity contribution is 5.90. The van der Waals surface area contributed by atoms with E-state index in [1.807, 2.05) is 43.2 Å². The van der Waals surface area contributed by atoms with Crippen molar-refractivity contribution in [1.29, 1.82) is 0 Å². The van der Waals surface area contributed by atoms with Crippen LogP contribution in [0, 0.1) is 6.92 Å². The molecule has 0 aliphatic rings. The molecule has 4 heteroatoms. The van der Waals surface area contributed by atoms with E-state index in [9.17, 15) is 0 Å². The molecule has 96 valence electrons. The molecule has 0 radical (unpaired) electrons. The number of aromatic nitrogens is 3. The molecule has 0 saturated heterocycles. The van der Waals surface area contributed by atoms with Crippen LogP contribution in [0.3, 0.4) is 0 Å². The fraction of sp³-hybridized carbons (Fsp3) is 0.200. The molecule has 1 N–H and O–H groups in total. The Labute approximate surface area is 112 Å². The zero-order valence-corrected chi connectivity index (χ0v) is 11.1. The summed E-state index contributed by atoms with van der Waals surface area (Å²) in [5.74, 6) is 0.878. The third-order valence-electron chi connectivity index (χ3n) is 3.16. The largest absolute Gasteiger partial charge is 0.316 e. The monoisotopic (exact) mass is 252 g/mol. The van der Waals surface area contributed by atoms with E-state index in [0.717, 1.165) is 23.4 Å². The molecule has 1 aromatic carbocycles. The Kier molecular flexibility index (Phi) is 3.01. The van der Waals surface area contributed by atoms with Gasteiger partial charge >= 0.3 is 0 Å². The molecule has 0 bridgehead atoms. The Morgan fingerprint density at radius 3 is 2.63 bits per heavy atom. The van der Waals surface area contributed by atoms with Gasteiger partial charge in [-0.2, -0.15) is 5.10 Å². The highest BCUT2D eigenvalue weighted by Gasteiger charge is 2.08. The quantitative estimate of drug-likeness (QED) is 0.778. The van der Waals surface area contributed by atoms with Gasteiger partial charge in [-0.15, -0.1) is 0 Å². The van der Waals surface area contributed by atoms with Crippen LogP contribution in [0.4, 0.5) is 0 Å². The van der Waals surface area contributed by atoms with Crippen LogP contribution in [0.5, 0.6) is 0 Å². The van der Waals surface area contributed by atoms with Crippen molar-refractivity contribution in [3.8, 4) is 5.82 Å². The molecule has 4 nitrogen and oxygen atoms in total. The maximum atomic E-state index is 4.57. The van der Waals surface area contributed by atoms with Crippen molar-refractivity contribution in [2.75, 3.05) is 7.05 Å². The van der Waals surface area contributed by atoms with Gasteiger partial charge in [0.25, 0.3) is 0 Å². The topological polar surface area (TPSA) is 42.7 Å². The predicted molar refractivity (Wildman–Crippen MR) is 76.4 cm³/mol. The van der Waals surface area contributed by atoms with Crippen molar-refractivity contribution in [1.82, 2.24) is 20.1 Å². The minimum absolute atomic E-state index is 0.811.